The highest BCUT2D eigenvalue weighted by Gasteiger charge is 2.25. The van der Waals surface area contributed by atoms with Crippen molar-refractivity contribution in [1.29, 1.82) is 0 Å². The molecule has 32 heavy (non-hydrogen) atoms. The zero-order valence-corrected chi connectivity index (χ0v) is 17.3. The van der Waals surface area contributed by atoms with Gasteiger partial charge in [-0.25, -0.2) is 22.0 Å². The van der Waals surface area contributed by atoms with Crippen LogP contribution in [0.4, 0.5) is 27.6 Å². The minimum absolute atomic E-state index is 0.463. The molecule has 9 heteroatoms. The molecule has 0 amide bonds. The zero-order valence-electron chi connectivity index (χ0n) is 16.6. The SMILES string of the molecule is Cc1c(/C=N/Nc2c(F)c(F)c(F)c(F)c2F)c2ccccc2n1Cc1ccccc1Cl. The molecule has 1 heterocycles. The van der Waals surface area contributed by atoms with E-state index >= 15 is 0 Å². The van der Waals surface area contributed by atoms with Gasteiger partial charge in [-0.1, -0.05) is 48.0 Å². The second-order valence-electron chi connectivity index (χ2n) is 7.01. The number of fused-ring (bicyclic) bond motifs is 1. The van der Waals surface area contributed by atoms with Gasteiger partial charge in [0.1, 0.15) is 5.69 Å². The normalized spacial score (nSPS) is 11.6. The lowest BCUT2D eigenvalue weighted by molar-refractivity contribution is 0.381. The Balaban J connectivity index is 1.73. The van der Waals surface area contributed by atoms with Crippen molar-refractivity contribution in [3.63, 3.8) is 0 Å². The molecule has 0 bridgehead atoms. The fourth-order valence-corrected chi connectivity index (χ4v) is 3.68. The summed E-state index contributed by atoms with van der Waals surface area (Å²) >= 11 is 6.29. The Kier molecular flexibility index (Phi) is 5.88. The summed E-state index contributed by atoms with van der Waals surface area (Å²) in [7, 11) is 0. The Labute approximate surface area is 184 Å². The molecule has 0 atom stereocenters. The highest BCUT2D eigenvalue weighted by molar-refractivity contribution is 6.31. The van der Waals surface area contributed by atoms with Crippen LogP contribution in [0, 0.1) is 36.0 Å². The van der Waals surface area contributed by atoms with E-state index in [1.54, 1.807) is 6.07 Å². The molecule has 0 saturated carbocycles. The van der Waals surface area contributed by atoms with Crippen LogP contribution in [0.25, 0.3) is 10.9 Å². The second-order valence-corrected chi connectivity index (χ2v) is 7.42. The molecule has 0 aliphatic carbocycles. The van der Waals surface area contributed by atoms with Crippen LogP contribution in [0.3, 0.4) is 0 Å². The Morgan fingerprint density at radius 1 is 0.875 bits per heavy atom. The molecule has 1 aromatic heterocycles. The number of hydrogen-bond acceptors (Lipinski definition) is 2. The maximum Gasteiger partial charge on any atom is 0.200 e. The first-order valence-corrected chi connectivity index (χ1v) is 9.80. The van der Waals surface area contributed by atoms with E-state index in [1.165, 1.54) is 6.21 Å². The molecule has 0 spiro atoms. The van der Waals surface area contributed by atoms with Crippen molar-refractivity contribution < 1.29 is 22.0 Å². The molecule has 0 radical (unpaired) electrons. The van der Waals surface area contributed by atoms with Crippen LogP contribution in [-0.4, -0.2) is 10.8 Å². The maximum absolute atomic E-state index is 13.9. The summed E-state index contributed by atoms with van der Waals surface area (Å²) in [6, 6.07) is 14.8. The number of para-hydroxylation sites is 1. The van der Waals surface area contributed by atoms with Gasteiger partial charge in [0.15, 0.2) is 23.3 Å². The van der Waals surface area contributed by atoms with Gasteiger partial charge in [-0.3, -0.25) is 5.43 Å². The third-order valence-electron chi connectivity index (χ3n) is 5.15. The number of hydrogen-bond donors (Lipinski definition) is 1. The smallest absolute Gasteiger partial charge is 0.200 e. The van der Waals surface area contributed by atoms with Crippen molar-refractivity contribution in [3.8, 4) is 0 Å². The van der Waals surface area contributed by atoms with Crippen molar-refractivity contribution in [2.24, 2.45) is 5.10 Å². The number of nitrogens with zero attached hydrogens (tertiary/aromatic N) is 2. The first kappa shape index (κ1) is 21.8. The molecule has 3 aromatic carbocycles. The summed E-state index contributed by atoms with van der Waals surface area (Å²) < 4.78 is 69.8. The molecule has 164 valence electrons. The van der Waals surface area contributed by atoms with E-state index in [0.717, 1.165) is 22.2 Å². The van der Waals surface area contributed by atoms with Gasteiger partial charge in [0.2, 0.25) is 5.82 Å². The van der Waals surface area contributed by atoms with Crippen LogP contribution in [0.1, 0.15) is 16.8 Å². The van der Waals surface area contributed by atoms with Gasteiger partial charge in [0.05, 0.1) is 6.21 Å². The predicted molar refractivity (Wildman–Crippen MR) is 115 cm³/mol. The molecular formula is C23H15ClF5N3. The van der Waals surface area contributed by atoms with Crippen LogP contribution in [-0.2, 0) is 6.54 Å². The van der Waals surface area contributed by atoms with Gasteiger partial charge >= 0.3 is 0 Å². The first-order valence-electron chi connectivity index (χ1n) is 9.43. The first-order chi connectivity index (χ1) is 15.3. The van der Waals surface area contributed by atoms with E-state index in [1.807, 2.05) is 59.4 Å². The lowest BCUT2D eigenvalue weighted by atomic mass is 10.1. The van der Waals surface area contributed by atoms with Gasteiger partial charge in [0, 0.05) is 33.7 Å². The number of hydrazone groups is 1. The van der Waals surface area contributed by atoms with E-state index < -0.39 is 34.8 Å². The number of rotatable bonds is 5. The molecule has 0 fully saturated rings. The molecule has 3 nitrogen and oxygen atoms in total. The molecule has 0 aliphatic heterocycles. The third-order valence-corrected chi connectivity index (χ3v) is 5.51. The van der Waals surface area contributed by atoms with Crippen LogP contribution >= 0.6 is 11.6 Å². The minimum Gasteiger partial charge on any atom is -0.340 e. The number of halogens is 6. The number of nitrogens with one attached hydrogen (secondary N) is 1. The fourth-order valence-electron chi connectivity index (χ4n) is 3.49. The quantitative estimate of drug-likeness (QED) is 0.114. The topological polar surface area (TPSA) is 29.3 Å². The third kappa shape index (κ3) is 3.71. The predicted octanol–water partition coefficient (Wildman–Crippen LogP) is 6.79. The van der Waals surface area contributed by atoms with Gasteiger partial charge in [0.25, 0.3) is 0 Å². The summed E-state index contributed by atoms with van der Waals surface area (Å²) in [5.41, 5.74) is 3.85. The highest BCUT2D eigenvalue weighted by Crippen LogP contribution is 2.29. The molecular weight excluding hydrogens is 449 g/mol. The van der Waals surface area contributed by atoms with Crippen molar-refractivity contribution in [3.05, 3.63) is 99.5 Å². The summed E-state index contributed by atoms with van der Waals surface area (Å²) in [5, 5.41) is 5.14. The molecule has 4 rings (SSSR count). The molecule has 0 saturated heterocycles. The van der Waals surface area contributed by atoms with Crippen molar-refractivity contribution in [2.45, 2.75) is 13.5 Å². The van der Waals surface area contributed by atoms with E-state index in [9.17, 15) is 22.0 Å². The number of anilines is 1. The summed E-state index contributed by atoms with van der Waals surface area (Å²) in [6.45, 7) is 2.29. The maximum atomic E-state index is 13.9. The lowest BCUT2D eigenvalue weighted by Crippen LogP contribution is -2.07. The van der Waals surface area contributed by atoms with Crippen molar-refractivity contribution in [1.82, 2.24) is 4.57 Å². The molecule has 0 aliphatic rings. The Morgan fingerprint density at radius 3 is 2.16 bits per heavy atom. The van der Waals surface area contributed by atoms with Crippen LogP contribution in [0.15, 0.2) is 53.6 Å². The molecule has 4 aromatic rings. The van der Waals surface area contributed by atoms with E-state index in [-0.39, 0.29) is 0 Å². The summed E-state index contributed by atoms with van der Waals surface area (Å²) in [4.78, 5) is 0. The zero-order chi connectivity index (χ0) is 23.0. The largest absolute Gasteiger partial charge is 0.340 e. The van der Waals surface area contributed by atoms with Gasteiger partial charge in [-0.2, -0.15) is 5.10 Å². The minimum atomic E-state index is -2.23. The van der Waals surface area contributed by atoms with Gasteiger partial charge < -0.3 is 4.57 Å². The summed E-state index contributed by atoms with van der Waals surface area (Å²) in [6.07, 6.45) is 1.28. The standard InChI is InChI=1S/C23H15ClF5N3/c1-12-15(10-30-31-23-21(28)19(26)18(25)20(27)22(23)29)14-7-3-5-9-17(14)32(12)11-13-6-2-4-8-16(13)24/h2-10,31H,11H2,1H3/b30-10+. The molecule has 0 unspecified atom stereocenters. The highest BCUT2D eigenvalue weighted by atomic mass is 35.5. The summed E-state index contributed by atoms with van der Waals surface area (Å²) in [5.74, 6) is -10.3. The van der Waals surface area contributed by atoms with E-state index in [2.05, 4.69) is 5.10 Å². The number of aromatic nitrogens is 1. The van der Waals surface area contributed by atoms with Crippen molar-refractivity contribution >= 4 is 34.4 Å². The van der Waals surface area contributed by atoms with E-state index in [4.69, 9.17) is 11.6 Å². The Hall–Kier alpha value is -3.39. The fraction of sp³-hybridized carbons (Fsp3) is 0.0870. The average molecular weight is 464 g/mol. The molecule has 1 N–H and O–H groups in total. The second kappa shape index (κ2) is 8.63. The Morgan fingerprint density at radius 2 is 1.47 bits per heavy atom. The van der Waals surface area contributed by atoms with Gasteiger partial charge in [-0.15, -0.1) is 0 Å². The Bertz CT molecular complexity index is 1330. The van der Waals surface area contributed by atoms with Crippen LogP contribution in [0.2, 0.25) is 5.02 Å². The monoisotopic (exact) mass is 463 g/mol. The van der Waals surface area contributed by atoms with Gasteiger partial charge in [-0.05, 0) is 24.6 Å². The number of benzene rings is 3. The van der Waals surface area contributed by atoms with Crippen molar-refractivity contribution in [2.75, 3.05) is 5.43 Å². The van der Waals surface area contributed by atoms with Crippen LogP contribution in [0.5, 0.6) is 0 Å². The average Bonchev–Trinajstić information content (AvgIpc) is 3.06. The van der Waals surface area contributed by atoms with E-state index in [0.29, 0.717) is 17.1 Å². The van der Waals surface area contributed by atoms with Crippen LogP contribution < -0.4 is 5.43 Å². The lowest BCUT2D eigenvalue weighted by Gasteiger charge is -2.10.